The lowest BCUT2D eigenvalue weighted by molar-refractivity contribution is -0.148. The van der Waals surface area contributed by atoms with Crippen LogP contribution in [0.5, 0.6) is 0 Å². The number of amides is 4. The predicted molar refractivity (Wildman–Crippen MR) is 129 cm³/mol. The SMILES string of the molecule is O=C(N[C@@]1(CO)CC(=O)N([C@@H](Cc2ccccc2)C(=O)NC2CCCCC2)C1=O)c1ccccc1. The Bertz CT molecular complexity index is 1070. The zero-order valence-corrected chi connectivity index (χ0v) is 19.6. The van der Waals surface area contributed by atoms with Crippen molar-refractivity contribution in [3.05, 3.63) is 71.8 Å². The van der Waals surface area contributed by atoms with Crippen molar-refractivity contribution < 1.29 is 24.3 Å². The van der Waals surface area contributed by atoms with Crippen molar-refractivity contribution in [2.45, 2.75) is 62.6 Å². The van der Waals surface area contributed by atoms with Crippen LogP contribution in [0, 0.1) is 0 Å². The number of carbonyl (C=O) groups is 4. The molecule has 2 fully saturated rings. The first-order valence-corrected chi connectivity index (χ1v) is 12.1. The lowest BCUT2D eigenvalue weighted by atomic mass is 9.94. The molecular weight excluding hydrogens is 446 g/mol. The summed E-state index contributed by atoms with van der Waals surface area (Å²) >= 11 is 0. The zero-order valence-electron chi connectivity index (χ0n) is 19.6. The van der Waals surface area contributed by atoms with Crippen molar-refractivity contribution >= 4 is 23.6 Å². The molecule has 1 aliphatic heterocycles. The maximum atomic E-state index is 13.6. The van der Waals surface area contributed by atoms with Crippen molar-refractivity contribution in [3.63, 3.8) is 0 Å². The van der Waals surface area contributed by atoms with Gasteiger partial charge in [0.15, 0.2) is 5.54 Å². The smallest absolute Gasteiger partial charge is 0.258 e. The predicted octanol–water partition coefficient (Wildman–Crippen LogP) is 1.97. The van der Waals surface area contributed by atoms with Gasteiger partial charge in [0.25, 0.3) is 11.8 Å². The average molecular weight is 478 g/mol. The highest BCUT2D eigenvalue weighted by Crippen LogP contribution is 2.28. The minimum Gasteiger partial charge on any atom is -0.393 e. The Morgan fingerprint density at radius 1 is 0.971 bits per heavy atom. The Morgan fingerprint density at radius 3 is 2.23 bits per heavy atom. The zero-order chi connectivity index (χ0) is 24.8. The van der Waals surface area contributed by atoms with Gasteiger partial charge >= 0.3 is 0 Å². The molecule has 8 nitrogen and oxygen atoms in total. The molecule has 4 rings (SSSR count). The molecule has 8 heteroatoms. The quantitative estimate of drug-likeness (QED) is 0.503. The van der Waals surface area contributed by atoms with Crippen molar-refractivity contribution in [1.82, 2.24) is 15.5 Å². The van der Waals surface area contributed by atoms with E-state index in [0.29, 0.717) is 5.56 Å². The number of imide groups is 1. The third-order valence-corrected chi connectivity index (χ3v) is 6.85. The average Bonchev–Trinajstić information content (AvgIpc) is 3.13. The molecular formula is C27H31N3O5. The van der Waals surface area contributed by atoms with Crippen molar-refractivity contribution in [1.29, 1.82) is 0 Å². The van der Waals surface area contributed by atoms with Gasteiger partial charge in [0.1, 0.15) is 6.04 Å². The minimum absolute atomic E-state index is 0.00251. The summed E-state index contributed by atoms with van der Waals surface area (Å²) in [4.78, 5) is 53.9. The first-order chi connectivity index (χ1) is 16.9. The number of rotatable bonds is 8. The molecule has 3 N–H and O–H groups in total. The number of aliphatic hydroxyl groups is 1. The van der Waals surface area contributed by atoms with Gasteiger partial charge in [-0.15, -0.1) is 0 Å². The molecule has 0 bridgehead atoms. The Labute approximate surface area is 204 Å². The molecule has 2 aromatic carbocycles. The standard InChI is InChI=1S/C27H31N3O5/c31-18-27(29-24(33)20-12-6-2-7-13-20)17-23(32)30(26(27)35)22(16-19-10-4-1-5-11-19)25(34)28-21-14-8-3-9-15-21/h1-2,4-7,10-13,21-22,31H,3,8-9,14-18H2,(H,28,34)(H,29,33)/t22-,27+/m0/s1. The number of aliphatic hydroxyl groups excluding tert-OH is 1. The number of benzene rings is 2. The summed E-state index contributed by atoms with van der Waals surface area (Å²) in [6.45, 7) is -0.755. The van der Waals surface area contributed by atoms with Crippen LogP contribution in [-0.4, -0.2) is 57.9 Å². The summed E-state index contributed by atoms with van der Waals surface area (Å²) in [5.41, 5.74) is -0.717. The molecule has 35 heavy (non-hydrogen) atoms. The van der Waals surface area contributed by atoms with Crippen LogP contribution in [0.25, 0.3) is 0 Å². The second-order valence-corrected chi connectivity index (χ2v) is 9.36. The van der Waals surface area contributed by atoms with Crippen LogP contribution in [0.15, 0.2) is 60.7 Å². The number of likely N-dealkylation sites (tertiary alicyclic amines) is 1. The Hall–Kier alpha value is -3.52. The molecule has 4 amide bonds. The van der Waals surface area contributed by atoms with Crippen LogP contribution in [0.2, 0.25) is 0 Å². The topological polar surface area (TPSA) is 116 Å². The fourth-order valence-electron chi connectivity index (χ4n) is 4.90. The first-order valence-electron chi connectivity index (χ1n) is 12.1. The molecule has 0 radical (unpaired) electrons. The normalized spacial score (nSPS) is 21.6. The highest BCUT2D eigenvalue weighted by Gasteiger charge is 2.55. The van der Waals surface area contributed by atoms with Crippen LogP contribution < -0.4 is 10.6 Å². The molecule has 2 aromatic rings. The number of hydrogen-bond donors (Lipinski definition) is 3. The number of hydrogen-bond acceptors (Lipinski definition) is 5. The fraction of sp³-hybridized carbons (Fsp3) is 0.407. The van der Waals surface area contributed by atoms with E-state index in [2.05, 4.69) is 10.6 Å². The number of nitrogens with one attached hydrogen (secondary N) is 2. The first kappa shape index (κ1) is 24.6. The van der Waals surface area contributed by atoms with Crippen molar-refractivity contribution in [3.8, 4) is 0 Å². The van der Waals surface area contributed by atoms with Gasteiger partial charge in [-0.2, -0.15) is 0 Å². The summed E-state index contributed by atoms with van der Waals surface area (Å²) in [6, 6.07) is 16.4. The number of carbonyl (C=O) groups excluding carboxylic acids is 4. The molecule has 1 heterocycles. The molecule has 0 spiro atoms. The molecule has 2 atom stereocenters. The molecule has 1 aliphatic carbocycles. The maximum Gasteiger partial charge on any atom is 0.258 e. The summed E-state index contributed by atoms with van der Waals surface area (Å²) in [7, 11) is 0. The maximum absolute atomic E-state index is 13.6. The monoisotopic (exact) mass is 477 g/mol. The van der Waals surface area contributed by atoms with Gasteiger partial charge in [0.05, 0.1) is 13.0 Å². The van der Waals surface area contributed by atoms with E-state index >= 15 is 0 Å². The lowest BCUT2D eigenvalue weighted by Crippen LogP contribution is -2.60. The van der Waals surface area contributed by atoms with Gasteiger partial charge in [-0.3, -0.25) is 24.1 Å². The van der Waals surface area contributed by atoms with E-state index in [9.17, 15) is 24.3 Å². The van der Waals surface area contributed by atoms with Gasteiger partial charge in [-0.25, -0.2) is 0 Å². The van der Waals surface area contributed by atoms with E-state index in [0.717, 1.165) is 42.6 Å². The van der Waals surface area contributed by atoms with Gasteiger partial charge in [0.2, 0.25) is 11.8 Å². The second kappa shape index (κ2) is 10.8. The van der Waals surface area contributed by atoms with Crippen LogP contribution in [0.1, 0.15) is 54.4 Å². The van der Waals surface area contributed by atoms with Crippen LogP contribution >= 0.6 is 0 Å². The van der Waals surface area contributed by atoms with Gasteiger partial charge in [-0.05, 0) is 30.5 Å². The minimum atomic E-state index is -1.82. The van der Waals surface area contributed by atoms with Crippen molar-refractivity contribution in [2.75, 3.05) is 6.61 Å². The lowest BCUT2D eigenvalue weighted by Gasteiger charge is -2.31. The highest BCUT2D eigenvalue weighted by atomic mass is 16.3. The summed E-state index contributed by atoms with van der Waals surface area (Å²) in [5, 5.41) is 15.8. The van der Waals surface area contributed by atoms with E-state index in [-0.39, 0.29) is 12.5 Å². The van der Waals surface area contributed by atoms with E-state index in [1.807, 2.05) is 30.3 Å². The number of nitrogens with zero attached hydrogens (tertiary/aromatic N) is 1. The van der Waals surface area contributed by atoms with E-state index in [1.165, 1.54) is 0 Å². The highest BCUT2D eigenvalue weighted by molar-refractivity contribution is 6.13. The molecule has 2 aliphatic rings. The summed E-state index contributed by atoms with van der Waals surface area (Å²) in [5.74, 6) is -2.34. The van der Waals surface area contributed by atoms with Gasteiger partial charge in [-0.1, -0.05) is 67.8 Å². The molecule has 184 valence electrons. The fourth-order valence-corrected chi connectivity index (χ4v) is 4.90. The van der Waals surface area contributed by atoms with Gasteiger partial charge in [0, 0.05) is 18.0 Å². The summed E-state index contributed by atoms with van der Waals surface area (Å²) < 4.78 is 0. The second-order valence-electron chi connectivity index (χ2n) is 9.36. The van der Waals surface area contributed by atoms with Crippen LogP contribution in [-0.2, 0) is 20.8 Å². The largest absolute Gasteiger partial charge is 0.393 e. The Kier molecular flexibility index (Phi) is 7.60. The Morgan fingerprint density at radius 2 is 1.60 bits per heavy atom. The Balaban J connectivity index is 1.60. The van der Waals surface area contributed by atoms with Crippen molar-refractivity contribution in [2.24, 2.45) is 0 Å². The molecule has 0 aromatic heterocycles. The van der Waals surface area contributed by atoms with E-state index in [1.54, 1.807) is 30.3 Å². The molecule has 1 saturated heterocycles. The van der Waals surface area contributed by atoms with E-state index in [4.69, 9.17) is 0 Å². The van der Waals surface area contributed by atoms with Crippen LogP contribution in [0.3, 0.4) is 0 Å². The molecule has 1 saturated carbocycles. The van der Waals surface area contributed by atoms with Crippen LogP contribution in [0.4, 0.5) is 0 Å². The molecule has 0 unspecified atom stereocenters. The third-order valence-electron chi connectivity index (χ3n) is 6.85. The van der Waals surface area contributed by atoms with Gasteiger partial charge < -0.3 is 15.7 Å². The third kappa shape index (κ3) is 5.43. The van der Waals surface area contributed by atoms with E-state index < -0.39 is 48.2 Å². The summed E-state index contributed by atoms with van der Waals surface area (Å²) in [6.07, 6.45) is 4.62.